The highest BCUT2D eigenvalue weighted by Gasteiger charge is 2.40. The molecule has 2 heterocycles. The molecule has 1 aromatic heterocycles. The first-order chi connectivity index (χ1) is 17.0. The summed E-state index contributed by atoms with van der Waals surface area (Å²) in [6.45, 7) is 4.78. The van der Waals surface area contributed by atoms with Gasteiger partial charge in [-0.25, -0.2) is 4.79 Å². The van der Waals surface area contributed by atoms with Crippen molar-refractivity contribution in [3.05, 3.63) is 57.8 Å². The normalized spacial score (nSPS) is 12.8. The van der Waals surface area contributed by atoms with Gasteiger partial charge in [-0.1, -0.05) is 24.3 Å². The summed E-state index contributed by atoms with van der Waals surface area (Å²) in [5.74, 6) is -4.02. The van der Waals surface area contributed by atoms with Crippen LogP contribution in [0, 0.1) is 0 Å². The average molecular weight is 521 g/mol. The van der Waals surface area contributed by atoms with E-state index in [2.05, 4.69) is 59.6 Å². The van der Waals surface area contributed by atoms with E-state index in [0.29, 0.717) is 6.61 Å². The lowest BCUT2D eigenvalue weighted by Crippen LogP contribution is -2.42. The van der Waals surface area contributed by atoms with Gasteiger partial charge in [0.25, 0.3) is 0 Å². The van der Waals surface area contributed by atoms with Gasteiger partial charge in [0.15, 0.2) is 5.60 Å². The van der Waals surface area contributed by atoms with Crippen LogP contribution in [0.5, 0.6) is 5.75 Å². The van der Waals surface area contributed by atoms with Gasteiger partial charge in [0, 0.05) is 36.6 Å². The number of hydrogen-bond acceptors (Lipinski definition) is 8. The summed E-state index contributed by atoms with van der Waals surface area (Å²) in [4.78, 5) is 36.7. The highest BCUT2D eigenvalue weighted by Crippen LogP contribution is 2.26. The monoisotopic (exact) mass is 520 g/mol. The smallest absolute Gasteiger partial charge is 0.336 e. The lowest BCUT2D eigenvalue weighted by atomic mass is 9.96. The second kappa shape index (κ2) is 13.7. The lowest BCUT2D eigenvalue weighted by Gasteiger charge is -2.26. The van der Waals surface area contributed by atoms with Crippen LogP contribution < -0.4 is 4.74 Å². The van der Waals surface area contributed by atoms with E-state index in [1.807, 2.05) is 23.5 Å². The van der Waals surface area contributed by atoms with Crippen molar-refractivity contribution < 1.29 is 39.5 Å². The number of carboxylic acid groups (broad SMARTS) is 3. The summed E-state index contributed by atoms with van der Waals surface area (Å²) < 4.78 is 5.89. The maximum atomic E-state index is 10.3. The molecule has 4 N–H and O–H groups in total. The Kier molecular flexibility index (Phi) is 11.1. The molecule has 0 unspecified atom stereocenters. The topological polar surface area (TPSA) is 148 Å². The Bertz CT molecular complexity index is 1040. The van der Waals surface area contributed by atoms with Crippen LogP contribution in [0.25, 0.3) is 6.08 Å². The van der Waals surface area contributed by atoms with Crippen LogP contribution in [0.15, 0.2) is 47.4 Å². The van der Waals surface area contributed by atoms with Gasteiger partial charge in [0.1, 0.15) is 12.4 Å². The van der Waals surface area contributed by atoms with Crippen LogP contribution in [-0.4, -0.2) is 94.1 Å². The minimum atomic E-state index is -2.74. The van der Waals surface area contributed by atoms with Crippen molar-refractivity contribution in [3.63, 3.8) is 0 Å². The maximum Gasteiger partial charge on any atom is 0.336 e. The molecule has 11 heteroatoms. The molecule has 1 aliphatic heterocycles. The molecule has 0 saturated carbocycles. The van der Waals surface area contributed by atoms with Gasteiger partial charge in [-0.3, -0.25) is 14.5 Å². The van der Waals surface area contributed by atoms with E-state index in [-0.39, 0.29) is 0 Å². The summed E-state index contributed by atoms with van der Waals surface area (Å²) in [6.07, 6.45) is -0.000812. The molecule has 0 spiro atoms. The first-order valence-electron chi connectivity index (χ1n) is 11.2. The molecule has 0 atom stereocenters. The van der Waals surface area contributed by atoms with Gasteiger partial charge in [0.2, 0.25) is 0 Å². The minimum absolute atomic E-state index is 0.694. The van der Waals surface area contributed by atoms with E-state index in [1.54, 1.807) is 0 Å². The zero-order chi connectivity index (χ0) is 26.7. The number of ether oxygens (including phenoxy) is 1. The average Bonchev–Trinajstić information content (AvgIpc) is 3.30. The maximum absolute atomic E-state index is 10.3. The fraction of sp³-hybridized carbons (Fsp3) is 0.400. The summed E-state index contributed by atoms with van der Waals surface area (Å²) >= 11 is 1.83. The lowest BCUT2D eigenvalue weighted by molar-refractivity contribution is -0.170. The Labute approximate surface area is 213 Å². The van der Waals surface area contributed by atoms with Crippen LogP contribution in [0.3, 0.4) is 0 Å². The van der Waals surface area contributed by atoms with Crippen LogP contribution >= 0.6 is 11.3 Å². The van der Waals surface area contributed by atoms with Crippen molar-refractivity contribution in [1.82, 2.24) is 9.80 Å². The van der Waals surface area contributed by atoms with Crippen molar-refractivity contribution in [2.24, 2.45) is 0 Å². The molecular formula is C25H32N2O8S. The number of fused-ring (bicyclic) bond motifs is 1. The highest BCUT2D eigenvalue weighted by atomic mass is 32.1. The number of likely N-dealkylation sites (N-methyl/N-ethyl adjacent to an activating group) is 1. The number of carbonyl (C=O) groups is 3. The second-order valence-corrected chi connectivity index (χ2v) is 9.73. The SMILES string of the molecule is CN(C)CCN(CC1=Cc2ccccc2OC1)Cc1cccs1.O=C(O)CC(O)(CC(=O)O)C(=O)O. The Morgan fingerprint density at radius 3 is 2.19 bits per heavy atom. The molecule has 0 fully saturated rings. The van der Waals surface area contributed by atoms with Crippen molar-refractivity contribution in [3.8, 4) is 5.75 Å². The zero-order valence-electron chi connectivity index (χ0n) is 20.3. The van der Waals surface area contributed by atoms with Gasteiger partial charge in [-0.05, 0) is 43.3 Å². The molecule has 1 aromatic carbocycles. The molecule has 0 amide bonds. The molecule has 196 valence electrons. The van der Waals surface area contributed by atoms with Crippen LogP contribution in [-0.2, 0) is 20.9 Å². The van der Waals surface area contributed by atoms with Crippen molar-refractivity contribution in [1.29, 1.82) is 0 Å². The van der Waals surface area contributed by atoms with E-state index >= 15 is 0 Å². The molecule has 10 nitrogen and oxygen atoms in total. The highest BCUT2D eigenvalue weighted by molar-refractivity contribution is 7.09. The molecule has 1 aliphatic rings. The number of nitrogens with zero attached hydrogens (tertiary/aromatic N) is 2. The number of thiophene rings is 1. The fourth-order valence-electron chi connectivity index (χ4n) is 3.43. The third kappa shape index (κ3) is 9.78. The Hall–Kier alpha value is -3.25. The first-order valence-corrected chi connectivity index (χ1v) is 12.1. The molecule has 0 aliphatic carbocycles. The number of aliphatic hydroxyl groups is 1. The quantitative estimate of drug-likeness (QED) is 0.329. The van der Waals surface area contributed by atoms with Crippen LogP contribution in [0.1, 0.15) is 23.3 Å². The third-order valence-corrected chi connectivity index (χ3v) is 6.09. The number of benzene rings is 1. The molecule has 2 aromatic rings. The van der Waals surface area contributed by atoms with E-state index in [4.69, 9.17) is 25.2 Å². The van der Waals surface area contributed by atoms with Gasteiger partial charge in [-0.2, -0.15) is 0 Å². The molecule has 0 saturated heterocycles. The van der Waals surface area contributed by atoms with Crippen LogP contribution in [0.4, 0.5) is 0 Å². The van der Waals surface area contributed by atoms with Crippen molar-refractivity contribution >= 4 is 35.3 Å². The predicted molar refractivity (Wildman–Crippen MR) is 135 cm³/mol. The molecule has 0 bridgehead atoms. The largest absolute Gasteiger partial charge is 0.489 e. The van der Waals surface area contributed by atoms with E-state index < -0.39 is 36.4 Å². The Morgan fingerprint density at radius 2 is 1.64 bits per heavy atom. The first kappa shape index (κ1) is 29.0. The standard InChI is InChI=1S/C19H24N2OS.C6H8O7/c1-20(2)9-10-21(14-18-7-5-11-23-18)13-16-12-17-6-3-4-8-19(17)22-15-16;7-3(8)1-6(13,5(11)12)2-4(9)10/h3-8,11-12H,9-10,13-15H2,1-2H3;13H,1-2H2,(H,7,8)(H,9,10)(H,11,12). The summed E-state index contributed by atoms with van der Waals surface area (Å²) in [5, 5.41) is 36.0. The molecule has 0 radical (unpaired) electrons. The van der Waals surface area contributed by atoms with Gasteiger partial charge >= 0.3 is 17.9 Å². The fourth-order valence-corrected chi connectivity index (χ4v) is 4.18. The predicted octanol–water partition coefficient (Wildman–Crippen LogP) is 2.34. The number of aliphatic carboxylic acids is 3. The zero-order valence-corrected chi connectivity index (χ0v) is 21.1. The summed E-state index contributed by atoms with van der Waals surface area (Å²) in [5.41, 5.74) is -0.200. The van der Waals surface area contributed by atoms with Gasteiger partial charge < -0.3 is 30.1 Å². The molecule has 36 heavy (non-hydrogen) atoms. The number of para-hydroxylation sites is 1. The Morgan fingerprint density at radius 1 is 0.972 bits per heavy atom. The van der Waals surface area contributed by atoms with Crippen molar-refractivity contribution in [2.45, 2.75) is 25.0 Å². The van der Waals surface area contributed by atoms with Gasteiger partial charge in [-0.15, -0.1) is 11.3 Å². The Balaban J connectivity index is 0.000000302. The summed E-state index contributed by atoms with van der Waals surface area (Å²) in [7, 11) is 4.26. The molecule has 3 rings (SSSR count). The summed E-state index contributed by atoms with van der Waals surface area (Å²) in [6, 6.07) is 12.6. The second-order valence-electron chi connectivity index (χ2n) is 8.70. The minimum Gasteiger partial charge on any atom is -0.489 e. The van der Waals surface area contributed by atoms with Crippen molar-refractivity contribution in [2.75, 3.05) is 40.3 Å². The number of carboxylic acids is 3. The van der Waals surface area contributed by atoms with E-state index in [9.17, 15) is 14.4 Å². The van der Waals surface area contributed by atoms with Gasteiger partial charge in [0.05, 0.1) is 12.8 Å². The van der Waals surface area contributed by atoms with E-state index in [1.165, 1.54) is 16.0 Å². The molecular weight excluding hydrogens is 488 g/mol. The van der Waals surface area contributed by atoms with Crippen LogP contribution in [0.2, 0.25) is 0 Å². The number of rotatable bonds is 12. The third-order valence-electron chi connectivity index (χ3n) is 5.23. The number of hydrogen-bond donors (Lipinski definition) is 4. The van der Waals surface area contributed by atoms with E-state index in [0.717, 1.165) is 31.9 Å².